The summed E-state index contributed by atoms with van der Waals surface area (Å²) in [6, 6.07) is 0. The van der Waals surface area contributed by atoms with Crippen LogP contribution < -0.4 is 0 Å². The number of hydrogen-bond acceptors (Lipinski definition) is 6. The fourth-order valence-electron chi connectivity index (χ4n) is 8.85. The molecule has 0 heterocycles. The average Bonchev–Trinajstić information content (AvgIpc) is 3.24. The molecule has 8 heteroatoms. The molecule has 0 aliphatic heterocycles. The lowest BCUT2D eigenvalue weighted by molar-refractivity contribution is -0.151. The van der Waals surface area contributed by atoms with Gasteiger partial charge in [0.2, 0.25) is 0 Å². The molecule has 0 aromatic carbocycles. The molecule has 0 saturated heterocycles. The van der Waals surface area contributed by atoms with Crippen molar-refractivity contribution >= 4 is 23.9 Å². The lowest BCUT2D eigenvalue weighted by Crippen LogP contribution is -2.31. The Kier molecular flexibility index (Phi) is 47.9. The highest BCUT2D eigenvalue weighted by molar-refractivity contribution is 5.74. The van der Waals surface area contributed by atoms with E-state index in [4.69, 9.17) is 14.6 Å². The minimum Gasteiger partial charge on any atom is -0.481 e. The second kappa shape index (κ2) is 47.9. The molecule has 0 aliphatic carbocycles. The Balaban J connectivity index is 0. The zero-order valence-corrected chi connectivity index (χ0v) is 45.1. The van der Waals surface area contributed by atoms with Crippen molar-refractivity contribution < 1.29 is 38.9 Å². The maximum atomic E-state index is 12.2. The first-order chi connectivity index (χ1) is 31.6. The number of carboxylic acids is 2. The maximum Gasteiger partial charge on any atom is 0.309 e. The third kappa shape index (κ3) is 49.8. The molecular formula is C58H112O8. The predicted octanol–water partition coefficient (Wildman–Crippen LogP) is 18.1. The average molecular weight is 938 g/mol. The van der Waals surface area contributed by atoms with Gasteiger partial charge in [-0.1, -0.05) is 235 Å². The van der Waals surface area contributed by atoms with E-state index >= 15 is 0 Å². The molecule has 0 rings (SSSR count). The van der Waals surface area contributed by atoms with Crippen molar-refractivity contribution in [3.8, 4) is 0 Å². The van der Waals surface area contributed by atoms with Gasteiger partial charge in [0.25, 0.3) is 0 Å². The van der Waals surface area contributed by atoms with Gasteiger partial charge in [0.05, 0.1) is 18.6 Å². The van der Waals surface area contributed by atoms with Crippen molar-refractivity contribution in [2.24, 2.45) is 29.1 Å². The molecule has 0 aromatic heterocycles. The number of carboxylic acid groups (broad SMARTS) is 2. The van der Waals surface area contributed by atoms with Crippen molar-refractivity contribution in [1.82, 2.24) is 0 Å². The van der Waals surface area contributed by atoms with Gasteiger partial charge in [-0.05, 0) is 75.0 Å². The summed E-state index contributed by atoms with van der Waals surface area (Å²) >= 11 is 0. The van der Waals surface area contributed by atoms with Crippen molar-refractivity contribution in [2.75, 3.05) is 13.2 Å². The van der Waals surface area contributed by atoms with Crippen LogP contribution in [-0.2, 0) is 28.7 Å². The summed E-state index contributed by atoms with van der Waals surface area (Å²) in [5.41, 5.74) is -0.731. The molecule has 392 valence electrons. The Labute approximate surface area is 409 Å². The third-order valence-electron chi connectivity index (χ3n) is 13.3. The number of rotatable bonds is 48. The van der Waals surface area contributed by atoms with Gasteiger partial charge in [-0.15, -0.1) is 0 Å². The third-order valence-corrected chi connectivity index (χ3v) is 13.3. The van der Waals surface area contributed by atoms with E-state index in [1.165, 1.54) is 141 Å². The van der Waals surface area contributed by atoms with Crippen LogP contribution in [0.2, 0.25) is 0 Å². The number of carbonyl (C=O) groups excluding carboxylic acids is 2. The zero-order valence-electron chi connectivity index (χ0n) is 45.1. The summed E-state index contributed by atoms with van der Waals surface area (Å²) in [5, 5.41) is 19.0. The Bertz CT molecular complexity index is 1030. The van der Waals surface area contributed by atoms with Crippen LogP contribution in [-0.4, -0.2) is 47.3 Å². The van der Waals surface area contributed by atoms with Crippen molar-refractivity contribution in [3.05, 3.63) is 0 Å². The van der Waals surface area contributed by atoms with Crippen LogP contribution in [0.25, 0.3) is 0 Å². The number of carbonyl (C=O) groups is 4. The first-order valence-electron chi connectivity index (χ1n) is 28.4. The van der Waals surface area contributed by atoms with Crippen LogP contribution in [0.3, 0.4) is 0 Å². The highest BCUT2D eigenvalue weighted by Gasteiger charge is 2.36. The Morgan fingerprint density at radius 3 is 0.864 bits per heavy atom. The van der Waals surface area contributed by atoms with Gasteiger partial charge in [0, 0.05) is 19.3 Å². The molecule has 0 amide bonds. The van der Waals surface area contributed by atoms with Crippen LogP contribution >= 0.6 is 0 Å². The highest BCUT2D eigenvalue weighted by atomic mass is 16.5. The minimum absolute atomic E-state index is 0.0689. The molecule has 0 spiro atoms. The summed E-state index contributed by atoms with van der Waals surface area (Å²) in [4.78, 5) is 46.8. The van der Waals surface area contributed by atoms with E-state index < -0.39 is 17.4 Å². The Morgan fingerprint density at radius 1 is 0.333 bits per heavy atom. The van der Waals surface area contributed by atoms with Gasteiger partial charge in [-0.2, -0.15) is 0 Å². The molecule has 0 aromatic rings. The van der Waals surface area contributed by atoms with Gasteiger partial charge in [0.15, 0.2) is 0 Å². The number of aliphatic carboxylic acids is 2. The van der Waals surface area contributed by atoms with Crippen LogP contribution in [0.5, 0.6) is 0 Å². The first-order valence-corrected chi connectivity index (χ1v) is 28.4. The van der Waals surface area contributed by atoms with Crippen molar-refractivity contribution in [3.63, 3.8) is 0 Å². The number of ether oxygens (including phenoxy) is 2. The van der Waals surface area contributed by atoms with Crippen molar-refractivity contribution in [2.45, 2.75) is 306 Å². The topological polar surface area (TPSA) is 127 Å². The van der Waals surface area contributed by atoms with Gasteiger partial charge < -0.3 is 19.7 Å². The number of esters is 2. The fraction of sp³-hybridized carbons (Fsp3) is 0.931. The standard InChI is InChI=1S/C32H62O4.C26H50O4/c1-29(2)23-17-13-9-5-7-11-15-21-27-35-31(33)25-19-20-26-32(34)36-28-22-16-12-8-6-10-14-18-24-30(3)4;1-22(2)16-11-7-5-9-13-19-26(25(29)30,21-15-18-24(27)28)20-14-10-6-8-12-17-23(3)4/h29-30H,5-28H2,1-4H3;22-23H,5-21H2,1-4H3,(H,27,28)(H,29,30). The Hall–Kier alpha value is -2.12. The Morgan fingerprint density at radius 2 is 0.591 bits per heavy atom. The van der Waals surface area contributed by atoms with Gasteiger partial charge >= 0.3 is 23.9 Å². The van der Waals surface area contributed by atoms with E-state index in [-0.39, 0.29) is 18.4 Å². The molecule has 0 aliphatic rings. The van der Waals surface area contributed by atoms with E-state index in [1.807, 2.05) is 0 Å². The largest absolute Gasteiger partial charge is 0.481 e. The van der Waals surface area contributed by atoms with Gasteiger partial charge in [-0.3, -0.25) is 19.2 Å². The molecule has 0 fully saturated rings. The summed E-state index contributed by atoms with van der Waals surface area (Å²) in [6.45, 7) is 19.3. The van der Waals surface area contributed by atoms with E-state index in [0.29, 0.717) is 64.6 Å². The molecule has 2 N–H and O–H groups in total. The first kappa shape index (κ1) is 66.0. The molecule has 0 unspecified atom stereocenters. The van der Waals surface area contributed by atoms with Crippen LogP contribution in [0.15, 0.2) is 0 Å². The number of hydrogen-bond donors (Lipinski definition) is 2. The smallest absolute Gasteiger partial charge is 0.309 e. The molecule has 0 saturated carbocycles. The maximum absolute atomic E-state index is 12.2. The quantitative estimate of drug-likeness (QED) is 0.0456. The lowest BCUT2D eigenvalue weighted by Gasteiger charge is -2.30. The molecule has 0 radical (unpaired) electrons. The number of unbranched alkanes of at least 4 members (excludes halogenated alkanes) is 23. The van der Waals surface area contributed by atoms with E-state index in [2.05, 4.69) is 55.4 Å². The van der Waals surface area contributed by atoms with E-state index in [9.17, 15) is 24.3 Å². The molecule has 8 nitrogen and oxygen atoms in total. The van der Waals surface area contributed by atoms with Crippen LogP contribution in [0.4, 0.5) is 0 Å². The molecule has 0 bridgehead atoms. The SMILES string of the molecule is CC(C)CCCCCCCC(CCCCCCCC(C)C)(CCCC(=O)O)C(=O)O.CC(C)CCCCCCCCCCOC(=O)CCCCC(=O)OCCCCCCCCCCC(C)C. The van der Waals surface area contributed by atoms with Gasteiger partial charge in [-0.25, -0.2) is 0 Å². The molecular weight excluding hydrogens is 825 g/mol. The molecule has 66 heavy (non-hydrogen) atoms. The summed E-state index contributed by atoms with van der Waals surface area (Å²) < 4.78 is 10.6. The normalized spacial score (nSPS) is 11.7. The van der Waals surface area contributed by atoms with Crippen molar-refractivity contribution in [1.29, 1.82) is 0 Å². The predicted molar refractivity (Wildman–Crippen MR) is 279 cm³/mol. The highest BCUT2D eigenvalue weighted by Crippen LogP contribution is 2.38. The van der Waals surface area contributed by atoms with Crippen LogP contribution in [0, 0.1) is 29.1 Å². The van der Waals surface area contributed by atoms with E-state index in [0.717, 1.165) is 75.0 Å². The molecule has 0 atom stereocenters. The summed E-state index contributed by atoms with van der Waals surface area (Å²) in [5.74, 6) is 1.36. The second-order valence-electron chi connectivity index (χ2n) is 21.9. The minimum atomic E-state index is -0.829. The fourth-order valence-corrected chi connectivity index (χ4v) is 8.85. The second-order valence-corrected chi connectivity index (χ2v) is 21.9. The van der Waals surface area contributed by atoms with Gasteiger partial charge in [0.1, 0.15) is 0 Å². The summed E-state index contributed by atoms with van der Waals surface area (Å²) in [6.07, 6.45) is 41.4. The monoisotopic (exact) mass is 937 g/mol. The summed E-state index contributed by atoms with van der Waals surface area (Å²) in [7, 11) is 0. The van der Waals surface area contributed by atoms with E-state index in [1.54, 1.807) is 0 Å². The van der Waals surface area contributed by atoms with Crippen LogP contribution in [0.1, 0.15) is 306 Å². The zero-order chi connectivity index (χ0) is 49.5. The lowest BCUT2D eigenvalue weighted by atomic mass is 9.74.